The molecule has 1 heterocycles. The lowest BCUT2D eigenvalue weighted by atomic mass is 10.1. The number of hydrogen-bond acceptors (Lipinski definition) is 4. The molecule has 2 rings (SSSR count). The Morgan fingerprint density at radius 2 is 1.82 bits per heavy atom. The Kier molecular flexibility index (Phi) is 7.88. The number of allylic oxidation sites excluding steroid dienone is 4. The van der Waals surface area contributed by atoms with Crippen LogP contribution in [0.3, 0.4) is 0 Å². The van der Waals surface area contributed by atoms with Crippen molar-refractivity contribution < 1.29 is 28.6 Å². The number of Topliss-reactive ketones (excluding diaryl/α,β-unsaturated/α-hetero) is 1. The van der Waals surface area contributed by atoms with E-state index in [1.165, 1.54) is 12.1 Å². The van der Waals surface area contributed by atoms with Crippen LogP contribution < -0.4 is 10.5 Å². The van der Waals surface area contributed by atoms with E-state index in [4.69, 9.17) is 15.6 Å². The van der Waals surface area contributed by atoms with Gasteiger partial charge in [-0.25, -0.2) is 4.79 Å². The molecule has 0 aliphatic rings. The molecule has 28 heavy (non-hydrogen) atoms. The number of hydrogen-bond donors (Lipinski definition) is 2. The van der Waals surface area contributed by atoms with Crippen LogP contribution in [-0.4, -0.2) is 33.7 Å². The quantitative estimate of drug-likeness (QED) is 0.430. The summed E-state index contributed by atoms with van der Waals surface area (Å²) in [6.45, 7) is 8.51. The Morgan fingerprint density at radius 1 is 1.25 bits per heavy atom. The Hall–Kier alpha value is -3.68. The predicted molar refractivity (Wildman–Crippen MR) is 104 cm³/mol. The number of rotatable bonds is 7. The SMILES string of the molecule is C=C/C=C\C=C.Cc1c(C(=O)C(N)=O)c2c(OC(F)C(=O)O)cccc2n1C. The van der Waals surface area contributed by atoms with Gasteiger partial charge in [0.1, 0.15) is 5.75 Å². The lowest BCUT2D eigenvalue weighted by molar-refractivity contribution is -0.153. The van der Waals surface area contributed by atoms with E-state index in [1.807, 2.05) is 12.2 Å². The summed E-state index contributed by atoms with van der Waals surface area (Å²) in [4.78, 5) is 33.8. The fourth-order valence-corrected chi connectivity index (χ4v) is 2.40. The highest BCUT2D eigenvalue weighted by Gasteiger charge is 2.27. The van der Waals surface area contributed by atoms with Gasteiger partial charge in [0.15, 0.2) is 0 Å². The van der Waals surface area contributed by atoms with E-state index >= 15 is 0 Å². The molecule has 1 atom stereocenters. The summed E-state index contributed by atoms with van der Waals surface area (Å²) in [6.07, 6.45) is 4.48. The highest BCUT2D eigenvalue weighted by atomic mass is 19.1. The average Bonchev–Trinajstić information content (AvgIpc) is 2.91. The maximum Gasteiger partial charge on any atom is 0.378 e. The van der Waals surface area contributed by atoms with Gasteiger partial charge >= 0.3 is 12.3 Å². The Balaban J connectivity index is 0.000000568. The van der Waals surface area contributed by atoms with Crippen molar-refractivity contribution in [2.24, 2.45) is 12.8 Å². The van der Waals surface area contributed by atoms with E-state index in [2.05, 4.69) is 13.2 Å². The number of aliphatic carboxylic acids is 1. The van der Waals surface area contributed by atoms with Crippen molar-refractivity contribution in [1.82, 2.24) is 4.57 Å². The molecule has 2 aromatic rings. The topological polar surface area (TPSA) is 112 Å². The summed E-state index contributed by atoms with van der Waals surface area (Å²) in [7, 11) is 1.64. The van der Waals surface area contributed by atoms with Gasteiger partial charge in [-0.2, -0.15) is 4.39 Å². The largest absolute Gasteiger partial charge is 0.476 e. The maximum absolute atomic E-state index is 13.3. The van der Waals surface area contributed by atoms with Crippen molar-refractivity contribution in [3.05, 3.63) is 66.9 Å². The molecule has 148 valence electrons. The number of aromatic nitrogens is 1. The third-order valence-electron chi connectivity index (χ3n) is 3.74. The Labute approximate surface area is 161 Å². The second-order valence-electron chi connectivity index (χ2n) is 5.49. The molecule has 1 amide bonds. The number of carboxylic acid groups (broad SMARTS) is 1. The zero-order valence-corrected chi connectivity index (χ0v) is 15.5. The molecule has 0 bridgehead atoms. The van der Waals surface area contributed by atoms with Crippen LogP contribution in [0.5, 0.6) is 5.75 Å². The first kappa shape index (κ1) is 22.4. The first-order valence-electron chi connectivity index (χ1n) is 8.03. The van der Waals surface area contributed by atoms with Crippen LogP contribution in [-0.2, 0) is 16.6 Å². The second-order valence-corrected chi connectivity index (χ2v) is 5.49. The molecule has 8 heteroatoms. The fourth-order valence-electron chi connectivity index (χ4n) is 2.40. The smallest absolute Gasteiger partial charge is 0.378 e. The van der Waals surface area contributed by atoms with Gasteiger partial charge in [-0.3, -0.25) is 9.59 Å². The molecule has 0 aliphatic carbocycles. The van der Waals surface area contributed by atoms with Gasteiger partial charge in [0, 0.05) is 12.7 Å². The molecule has 0 radical (unpaired) electrons. The Bertz CT molecular complexity index is 949. The van der Waals surface area contributed by atoms with Crippen molar-refractivity contribution in [3.8, 4) is 5.75 Å². The normalized spacial score (nSPS) is 11.4. The van der Waals surface area contributed by atoms with Crippen LogP contribution in [0.4, 0.5) is 4.39 Å². The minimum atomic E-state index is -2.59. The van der Waals surface area contributed by atoms with Crippen molar-refractivity contribution in [1.29, 1.82) is 0 Å². The van der Waals surface area contributed by atoms with Crippen LogP contribution in [0.2, 0.25) is 0 Å². The molecule has 0 fully saturated rings. The molecule has 0 aliphatic heterocycles. The summed E-state index contributed by atoms with van der Waals surface area (Å²) >= 11 is 0. The number of primary amides is 1. The first-order chi connectivity index (χ1) is 13.2. The van der Waals surface area contributed by atoms with Crippen LogP contribution in [0.1, 0.15) is 16.1 Å². The standard InChI is InChI=1S/C14H13FN2O5.C6H8/c1-6-9(11(18)13(16)19)10-7(17(6)2)4-3-5-8(10)22-12(15)14(20)21;1-3-5-6-4-2/h3-5,12H,1-2H3,(H2,16,19)(H,20,21);3-6H,1-2H2/b;6-5-. The lowest BCUT2D eigenvalue weighted by Crippen LogP contribution is -2.24. The van der Waals surface area contributed by atoms with Gasteiger partial charge in [0.25, 0.3) is 11.7 Å². The molecule has 3 N–H and O–H groups in total. The number of aryl methyl sites for hydroxylation is 1. The van der Waals surface area contributed by atoms with Gasteiger partial charge in [0.2, 0.25) is 0 Å². The third-order valence-corrected chi connectivity index (χ3v) is 3.74. The number of alkyl halides is 1. The number of nitrogens with two attached hydrogens (primary N) is 1. The molecule has 1 aromatic heterocycles. The number of amides is 1. The van der Waals surface area contributed by atoms with E-state index in [9.17, 15) is 18.8 Å². The van der Waals surface area contributed by atoms with Gasteiger partial charge < -0.3 is 20.1 Å². The fraction of sp³-hybridized carbons (Fsp3) is 0.150. The number of halogens is 1. The predicted octanol–water partition coefficient (Wildman–Crippen LogP) is 2.83. The highest BCUT2D eigenvalue weighted by Crippen LogP contribution is 2.34. The van der Waals surface area contributed by atoms with Crippen LogP contribution >= 0.6 is 0 Å². The number of nitrogens with zero attached hydrogens (tertiary/aromatic N) is 1. The van der Waals surface area contributed by atoms with E-state index < -0.39 is 24.0 Å². The summed E-state index contributed by atoms with van der Waals surface area (Å²) < 4.78 is 19.7. The van der Waals surface area contributed by atoms with Gasteiger partial charge in [0.05, 0.1) is 16.5 Å². The third kappa shape index (κ3) is 4.94. The van der Waals surface area contributed by atoms with Crippen molar-refractivity contribution in [2.45, 2.75) is 13.3 Å². The minimum Gasteiger partial charge on any atom is -0.476 e. The lowest BCUT2D eigenvalue weighted by Gasteiger charge is -2.09. The number of ketones is 1. The molecule has 1 unspecified atom stereocenters. The van der Waals surface area contributed by atoms with E-state index in [1.54, 1.807) is 36.8 Å². The summed E-state index contributed by atoms with van der Waals surface area (Å²) in [5.41, 5.74) is 5.92. The van der Waals surface area contributed by atoms with E-state index in [0.29, 0.717) is 11.2 Å². The van der Waals surface area contributed by atoms with E-state index in [0.717, 1.165) is 0 Å². The van der Waals surface area contributed by atoms with Crippen molar-refractivity contribution >= 4 is 28.6 Å². The van der Waals surface area contributed by atoms with Crippen LogP contribution in [0.25, 0.3) is 10.9 Å². The molecule has 0 spiro atoms. The van der Waals surface area contributed by atoms with Gasteiger partial charge in [-0.15, -0.1) is 0 Å². The minimum absolute atomic E-state index is 0.0295. The number of carbonyl (C=O) groups is 3. The van der Waals surface area contributed by atoms with E-state index in [-0.39, 0.29) is 16.7 Å². The molecular formula is C20H21FN2O5. The number of carbonyl (C=O) groups excluding carboxylic acids is 2. The summed E-state index contributed by atoms with van der Waals surface area (Å²) in [6, 6.07) is 4.46. The highest BCUT2D eigenvalue weighted by molar-refractivity contribution is 6.45. The first-order valence-corrected chi connectivity index (χ1v) is 8.03. The molecule has 0 saturated heterocycles. The summed E-state index contributed by atoms with van der Waals surface area (Å²) in [5.74, 6) is -4.07. The van der Waals surface area contributed by atoms with Gasteiger partial charge in [-0.1, -0.05) is 43.5 Å². The van der Waals surface area contributed by atoms with Crippen LogP contribution in [0, 0.1) is 6.92 Å². The van der Waals surface area contributed by atoms with Gasteiger partial charge in [-0.05, 0) is 19.1 Å². The number of fused-ring (bicyclic) bond motifs is 1. The number of carboxylic acids is 1. The van der Waals surface area contributed by atoms with Crippen molar-refractivity contribution in [3.63, 3.8) is 0 Å². The average molecular weight is 388 g/mol. The zero-order valence-electron chi connectivity index (χ0n) is 15.5. The second kappa shape index (κ2) is 9.86. The zero-order chi connectivity index (χ0) is 21.4. The van der Waals surface area contributed by atoms with Crippen LogP contribution in [0.15, 0.2) is 55.7 Å². The summed E-state index contributed by atoms with van der Waals surface area (Å²) in [5, 5.41) is 8.74. The molecule has 0 saturated carbocycles. The monoisotopic (exact) mass is 388 g/mol. The number of ether oxygens (including phenoxy) is 1. The molecule has 7 nitrogen and oxygen atoms in total. The molecule has 1 aromatic carbocycles. The maximum atomic E-state index is 13.3. The molecular weight excluding hydrogens is 367 g/mol. The Morgan fingerprint density at radius 3 is 2.29 bits per heavy atom. The van der Waals surface area contributed by atoms with Crippen molar-refractivity contribution in [2.75, 3.05) is 0 Å². The number of benzene rings is 1.